The molecular formula is C29H24. The van der Waals surface area contributed by atoms with Crippen LogP contribution in [-0.2, 0) is 0 Å². The van der Waals surface area contributed by atoms with Gasteiger partial charge in [0.05, 0.1) is 0 Å². The Morgan fingerprint density at radius 1 is 0.414 bits per heavy atom. The molecule has 5 aromatic rings. The fourth-order valence-electron chi connectivity index (χ4n) is 4.56. The topological polar surface area (TPSA) is 0 Å². The summed E-state index contributed by atoms with van der Waals surface area (Å²) in [6.07, 6.45) is 0. The van der Waals surface area contributed by atoms with E-state index in [1.807, 2.05) is 0 Å². The maximum Gasteiger partial charge on any atom is -0.00236 e. The quantitative estimate of drug-likeness (QED) is 0.274. The van der Waals surface area contributed by atoms with Crippen LogP contribution in [0.3, 0.4) is 0 Å². The SMILES string of the molecule is Cc1cc(C)c(-c2c3ccccc3c(-c3ccccc3)c3ccccc23)cc1C. The van der Waals surface area contributed by atoms with Crippen molar-refractivity contribution in [1.82, 2.24) is 0 Å². The molecule has 0 N–H and O–H groups in total. The van der Waals surface area contributed by atoms with E-state index in [0.717, 1.165) is 0 Å². The minimum Gasteiger partial charge on any atom is -0.0622 e. The van der Waals surface area contributed by atoms with E-state index in [2.05, 4.69) is 112 Å². The lowest BCUT2D eigenvalue weighted by atomic mass is 9.84. The van der Waals surface area contributed by atoms with Gasteiger partial charge in [-0.1, -0.05) is 91.0 Å². The summed E-state index contributed by atoms with van der Waals surface area (Å²) in [6, 6.07) is 33.2. The molecule has 0 aliphatic rings. The number of fused-ring (bicyclic) bond motifs is 2. The van der Waals surface area contributed by atoms with Crippen molar-refractivity contribution in [3.8, 4) is 22.3 Å². The van der Waals surface area contributed by atoms with Gasteiger partial charge in [-0.25, -0.2) is 0 Å². The maximum absolute atomic E-state index is 2.36. The zero-order valence-electron chi connectivity index (χ0n) is 17.2. The van der Waals surface area contributed by atoms with E-state index in [0.29, 0.717) is 0 Å². The molecule has 0 saturated carbocycles. The van der Waals surface area contributed by atoms with E-state index in [1.165, 1.54) is 60.5 Å². The smallest absolute Gasteiger partial charge is 0.00236 e. The second-order valence-corrected chi connectivity index (χ2v) is 7.96. The van der Waals surface area contributed by atoms with Crippen molar-refractivity contribution in [2.24, 2.45) is 0 Å². The molecule has 0 amide bonds. The minimum absolute atomic E-state index is 1.27. The van der Waals surface area contributed by atoms with Crippen LogP contribution in [0.25, 0.3) is 43.8 Å². The molecule has 0 bridgehead atoms. The fourth-order valence-corrected chi connectivity index (χ4v) is 4.56. The third-order valence-corrected chi connectivity index (χ3v) is 6.10. The zero-order chi connectivity index (χ0) is 20.0. The average Bonchev–Trinajstić information content (AvgIpc) is 2.75. The van der Waals surface area contributed by atoms with Crippen LogP contribution >= 0.6 is 0 Å². The van der Waals surface area contributed by atoms with Crippen LogP contribution in [0.1, 0.15) is 16.7 Å². The van der Waals surface area contributed by atoms with Gasteiger partial charge < -0.3 is 0 Å². The highest BCUT2D eigenvalue weighted by Crippen LogP contribution is 2.44. The first-order valence-corrected chi connectivity index (χ1v) is 10.2. The van der Waals surface area contributed by atoms with E-state index in [4.69, 9.17) is 0 Å². The molecule has 5 aromatic carbocycles. The molecule has 0 aliphatic carbocycles. The van der Waals surface area contributed by atoms with Gasteiger partial charge in [0, 0.05) is 0 Å². The monoisotopic (exact) mass is 372 g/mol. The highest BCUT2D eigenvalue weighted by Gasteiger charge is 2.17. The second kappa shape index (κ2) is 6.90. The summed E-state index contributed by atoms with van der Waals surface area (Å²) in [7, 11) is 0. The molecule has 5 rings (SSSR count). The van der Waals surface area contributed by atoms with Gasteiger partial charge in [0.15, 0.2) is 0 Å². The Morgan fingerprint density at radius 3 is 1.41 bits per heavy atom. The highest BCUT2D eigenvalue weighted by atomic mass is 14.2. The first-order valence-electron chi connectivity index (χ1n) is 10.2. The predicted molar refractivity (Wildman–Crippen MR) is 127 cm³/mol. The van der Waals surface area contributed by atoms with Crippen LogP contribution in [0.5, 0.6) is 0 Å². The van der Waals surface area contributed by atoms with E-state index in [9.17, 15) is 0 Å². The molecule has 0 saturated heterocycles. The number of rotatable bonds is 2. The summed E-state index contributed by atoms with van der Waals surface area (Å²) >= 11 is 0. The molecule has 0 heteroatoms. The van der Waals surface area contributed by atoms with Gasteiger partial charge in [0.1, 0.15) is 0 Å². The van der Waals surface area contributed by atoms with Crippen LogP contribution in [0.15, 0.2) is 91.0 Å². The van der Waals surface area contributed by atoms with Crippen molar-refractivity contribution in [3.05, 3.63) is 108 Å². The Balaban J connectivity index is 2.01. The molecule has 0 heterocycles. The van der Waals surface area contributed by atoms with Crippen molar-refractivity contribution in [3.63, 3.8) is 0 Å². The molecule has 0 unspecified atom stereocenters. The van der Waals surface area contributed by atoms with Crippen LogP contribution < -0.4 is 0 Å². The van der Waals surface area contributed by atoms with Gasteiger partial charge in [0.25, 0.3) is 0 Å². The van der Waals surface area contributed by atoms with Gasteiger partial charge in [-0.05, 0) is 81.3 Å². The largest absolute Gasteiger partial charge is 0.0622 e. The molecule has 0 nitrogen and oxygen atoms in total. The highest BCUT2D eigenvalue weighted by molar-refractivity contribution is 6.21. The van der Waals surface area contributed by atoms with E-state index in [-0.39, 0.29) is 0 Å². The van der Waals surface area contributed by atoms with Crippen molar-refractivity contribution in [2.45, 2.75) is 20.8 Å². The molecule has 0 spiro atoms. The number of benzene rings is 5. The summed E-state index contributed by atoms with van der Waals surface area (Å²) in [5.74, 6) is 0. The number of hydrogen-bond acceptors (Lipinski definition) is 0. The van der Waals surface area contributed by atoms with Gasteiger partial charge >= 0.3 is 0 Å². The molecule has 0 aliphatic heterocycles. The Hall–Kier alpha value is -3.38. The Kier molecular flexibility index (Phi) is 4.21. The minimum atomic E-state index is 1.27. The van der Waals surface area contributed by atoms with Crippen molar-refractivity contribution >= 4 is 21.5 Å². The van der Waals surface area contributed by atoms with E-state index in [1.54, 1.807) is 0 Å². The lowest BCUT2D eigenvalue weighted by Gasteiger charge is -2.19. The van der Waals surface area contributed by atoms with Gasteiger partial charge in [-0.3, -0.25) is 0 Å². The fraction of sp³-hybridized carbons (Fsp3) is 0.103. The third kappa shape index (κ3) is 2.84. The Morgan fingerprint density at radius 2 is 0.862 bits per heavy atom. The number of hydrogen-bond donors (Lipinski definition) is 0. The Bertz CT molecular complexity index is 1300. The van der Waals surface area contributed by atoms with Crippen molar-refractivity contribution in [2.75, 3.05) is 0 Å². The third-order valence-electron chi connectivity index (χ3n) is 6.10. The molecule has 0 radical (unpaired) electrons. The van der Waals surface area contributed by atoms with Crippen LogP contribution in [0.2, 0.25) is 0 Å². The molecule has 0 aromatic heterocycles. The zero-order valence-corrected chi connectivity index (χ0v) is 17.2. The molecular weight excluding hydrogens is 348 g/mol. The summed E-state index contributed by atoms with van der Waals surface area (Å²) < 4.78 is 0. The van der Waals surface area contributed by atoms with Crippen molar-refractivity contribution in [1.29, 1.82) is 0 Å². The van der Waals surface area contributed by atoms with Gasteiger partial charge in [-0.15, -0.1) is 0 Å². The first kappa shape index (κ1) is 17.7. The van der Waals surface area contributed by atoms with E-state index >= 15 is 0 Å². The summed E-state index contributed by atoms with van der Waals surface area (Å²) in [4.78, 5) is 0. The maximum atomic E-state index is 2.36. The average molecular weight is 373 g/mol. The lowest BCUT2D eigenvalue weighted by molar-refractivity contribution is 1.30. The lowest BCUT2D eigenvalue weighted by Crippen LogP contribution is -1.94. The summed E-state index contributed by atoms with van der Waals surface area (Å²) in [5.41, 5.74) is 9.28. The second-order valence-electron chi connectivity index (χ2n) is 7.96. The predicted octanol–water partition coefficient (Wildman–Crippen LogP) is 8.25. The molecule has 0 atom stereocenters. The molecule has 29 heavy (non-hydrogen) atoms. The Labute approximate surface area is 172 Å². The van der Waals surface area contributed by atoms with Crippen LogP contribution in [0.4, 0.5) is 0 Å². The van der Waals surface area contributed by atoms with Crippen LogP contribution in [0, 0.1) is 20.8 Å². The standard InChI is InChI=1S/C29H24/c1-19-17-21(3)27(18-20(19)2)29-25-15-9-7-13-23(25)28(22-11-5-4-6-12-22)24-14-8-10-16-26(24)29/h4-18H,1-3H3. The summed E-state index contributed by atoms with van der Waals surface area (Å²) in [6.45, 7) is 6.64. The number of aryl methyl sites for hydroxylation is 3. The molecule has 0 fully saturated rings. The summed E-state index contributed by atoms with van der Waals surface area (Å²) in [5, 5.41) is 5.25. The van der Waals surface area contributed by atoms with Gasteiger partial charge in [-0.2, -0.15) is 0 Å². The van der Waals surface area contributed by atoms with Crippen molar-refractivity contribution < 1.29 is 0 Å². The van der Waals surface area contributed by atoms with E-state index < -0.39 is 0 Å². The van der Waals surface area contributed by atoms with Crippen LogP contribution in [-0.4, -0.2) is 0 Å². The van der Waals surface area contributed by atoms with Gasteiger partial charge in [0.2, 0.25) is 0 Å². The normalized spacial score (nSPS) is 11.3. The molecule has 140 valence electrons. The first-order chi connectivity index (χ1) is 14.1.